The van der Waals surface area contributed by atoms with Crippen LogP contribution in [0.2, 0.25) is 0 Å². The largest absolute Gasteiger partial charge is 0.344 e. The van der Waals surface area contributed by atoms with Gasteiger partial charge in [0, 0.05) is 18.7 Å². The number of carbonyl (C=O) groups excluding carboxylic acids is 2. The summed E-state index contributed by atoms with van der Waals surface area (Å²) in [7, 11) is 0. The normalized spacial score (nSPS) is 17.2. The van der Waals surface area contributed by atoms with Crippen LogP contribution in [0.25, 0.3) is 0 Å². The third-order valence-electron chi connectivity index (χ3n) is 3.09. The van der Waals surface area contributed by atoms with Crippen molar-refractivity contribution in [2.24, 2.45) is 0 Å². The Balaban J connectivity index is 0.00000200. The number of hydrogen-bond acceptors (Lipinski definition) is 3. The zero-order valence-electron chi connectivity index (χ0n) is 11.4. The molecular weight excluding hydrogens is 278 g/mol. The third kappa shape index (κ3) is 4.51. The first kappa shape index (κ1) is 16.5. The smallest absolute Gasteiger partial charge is 0.246 e. The van der Waals surface area contributed by atoms with Gasteiger partial charge in [0.25, 0.3) is 0 Å². The molecule has 1 aliphatic heterocycles. The van der Waals surface area contributed by atoms with Crippen LogP contribution in [0, 0.1) is 0 Å². The molecule has 1 aliphatic rings. The molecule has 6 heteroatoms. The second-order valence-corrected chi connectivity index (χ2v) is 4.63. The number of carbonyl (C=O) groups is 2. The maximum absolute atomic E-state index is 11.9. The van der Waals surface area contributed by atoms with E-state index in [1.807, 2.05) is 24.3 Å². The fourth-order valence-electron chi connectivity index (χ4n) is 2.07. The summed E-state index contributed by atoms with van der Waals surface area (Å²) in [5.74, 6) is -0.201. The Hall–Kier alpha value is -1.59. The van der Waals surface area contributed by atoms with Gasteiger partial charge in [-0.3, -0.25) is 9.59 Å². The SMILES string of the molecule is CCNCc1cccc(NC(=O)C2CCC(=O)N2)c1.Cl. The van der Waals surface area contributed by atoms with E-state index in [0.29, 0.717) is 12.8 Å². The van der Waals surface area contributed by atoms with Crippen molar-refractivity contribution in [3.05, 3.63) is 29.8 Å². The maximum atomic E-state index is 11.9. The van der Waals surface area contributed by atoms with Crippen LogP contribution in [0.4, 0.5) is 5.69 Å². The highest BCUT2D eigenvalue weighted by Gasteiger charge is 2.26. The Kier molecular flexibility index (Phi) is 6.48. The van der Waals surface area contributed by atoms with Crippen molar-refractivity contribution in [1.29, 1.82) is 0 Å². The first-order valence-electron chi connectivity index (χ1n) is 6.59. The molecule has 5 nitrogen and oxygen atoms in total. The van der Waals surface area contributed by atoms with Crippen LogP contribution in [0.15, 0.2) is 24.3 Å². The molecular formula is C14H20ClN3O2. The second-order valence-electron chi connectivity index (χ2n) is 4.63. The van der Waals surface area contributed by atoms with Gasteiger partial charge in [-0.25, -0.2) is 0 Å². The van der Waals surface area contributed by atoms with E-state index in [9.17, 15) is 9.59 Å². The van der Waals surface area contributed by atoms with E-state index >= 15 is 0 Å². The maximum Gasteiger partial charge on any atom is 0.246 e. The highest BCUT2D eigenvalue weighted by atomic mass is 35.5. The Morgan fingerprint density at radius 3 is 2.90 bits per heavy atom. The molecule has 1 unspecified atom stereocenters. The number of hydrogen-bond donors (Lipinski definition) is 3. The molecule has 1 heterocycles. The molecule has 1 atom stereocenters. The van der Waals surface area contributed by atoms with Gasteiger partial charge in [0.1, 0.15) is 6.04 Å². The lowest BCUT2D eigenvalue weighted by atomic mass is 10.1. The van der Waals surface area contributed by atoms with Gasteiger partial charge in [-0.2, -0.15) is 0 Å². The molecule has 0 bridgehead atoms. The lowest BCUT2D eigenvalue weighted by Gasteiger charge is -2.12. The van der Waals surface area contributed by atoms with Crippen LogP contribution in [0.1, 0.15) is 25.3 Å². The predicted octanol–water partition coefficient (Wildman–Crippen LogP) is 1.43. The van der Waals surface area contributed by atoms with Crippen LogP contribution >= 0.6 is 12.4 Å². The van der Waals surface area contributed by atoms with Crippen molar-refractivity contribution >= 4 is 29.9 Å². The van der Waals surface area contributed by atoms with Crippen molar-refractivity contribution in [3.8, 4) is 0 Å². The van der Waals surface area contributed by atoms with Gasteiger partial charge in [-0.1, -0.05) is 19.1 Å². The molecule has 2 rings (SSSR count). The van der Waals surface area contributed by atoms with E-state index in [4.69, 9.17) is 0 Å². The molecule has 110 valence electrons. The van der Waals surface area contributed by atoms with E-state index in [1.165, 1.54) is 0 Å². The van der Waals surface area contributed by atoms with Gasteiger partial charge in [-0.15, -0.1) is 12.4 Å². The van der Waals surface area contributed by atoms with Crippen molar-refractivity contribution < 1.29 is 9.59 Å². The summed E-state index contributed by atoms with van der Waals surface area (Å²) in [5.41, 5.74) is 1.89. The molecule has 1 fully saturated rings. The number of rotatable bonds is 5. The van der Waals surface area contributed by atoms with Gasteiger partial charge in [-0.05, 0) is 30.7 Å². The van der Waals surface area contributed by atoms with Crippen LogP contribution in [-0.2, 0) is 16.1 Å². The standard InChI is InChI=1S/C14H19N3O2.ClH/c1-2-15-9-10-4-3-5-11(8-10)16-14(19)12-6-7-13(18)17-12;/h3-5,8,12,15H,2,6-7,9H2,1H3,(H,16,19)(H,17,18);1H. The minimum atomic E-state index is -0.398. The minimum Gasteiger partial charge on any atom is -0.344 e. The van der Waals surface area contributed by atoms with Gasteiger partial charge in [0.15, 0.2) is 0 Å². The van der Waals surface area contributed by atoms with E-state index in [-0.39, 0.29) is 24.2 Å². The zero-order valence-corrected chi connectivity index (χ0v) is 12.3. The summed E-state index contributed by atoms with van der Waals surface area (Å²) in [4.78, 5) is 23.0. The van der Waals surface area contributed by atoms with Crippen LogP contribution in [0.3, 0.4) is 0 Å². The summed E-state index contributed by atoms with van der Waals surface area (Å²) in [5, 5.41) is 8.74. The topological polar surface area (TPSA) is 70.2 Å². The van der Waals surface area contributed by atoms with Crippen molar-refractivity contribution in [2.75, 3.05) is 11.9 Å². The van der Waals surface area contributed by atoms with Crippen molar-refractivity contribution in [3.63, 3.8) is 0 Å². The van der Waals surface area contributed by atoms with E-state index < -0.39 is 6.04 Å². The molecule has 2 amide bonds. The third-order valence-corrected chi connectivity index (χ3v) is 3.09. The molecule has 0 saturated carbocycles. The summed E-state index contributed by atoms with van der Waals surface area (Å²) in [6.45, 7) is 3.74. The predicted molar refractivity (Wildman–Crippen MR) is 80.9 cm³/mol. The number of benzene rings is 1. The van der Waals surface area contributed by atoms with Crippen molar-refractivity contribution in [2.45, 2.75) is 32.4 Å². The Labute approximate surface area is 124 Å². The first-order chi connectivity index (χ1) is 9.19. The number of nitrogens with one attached hydrogen (secondary N) is 3. The molecule has 1 aromatic rings. The first-order valence-corrected chi connectivity index (χ1v) is 6.59. The van der Waals surface area contributed by atoms with Gasteiger partial charge in [0.2, 0.25) is 11.8 Å². The molecule has 1 saturated heterocycles. The molecule has 0 radical (unpaired) electrons. The fraction of sp³-hybridized carbons (Fsp3) is 0.429. The van der Waals surface area contributed by atoms with Gasteiger partial charge < -0.3 is 16.0 Å². The summed E-state index contributed by atoms with van der Waals surface area (Å²) in [6.07, 6.45) is 1.00. The average molecular weight is 298 g/mol. The van der Waals surface area contributed by atoms with Crippen LogP contribution < -0.4 is 16.0 Å². The zero-order chi connectivity index (χ0) is 13.7. The number of halogens is 1. The molecule has 0 aromatic heterocycles. The fourth-order valence-corrected chi connectivity index (χ4v) is 2.07. The number of anilines is 1. The monoisotopic (exact) mass is 297 g/mol. The van der Waals surface area contributed by atoms with E-state index in [0.717, 1.165) is 24.3 Å². The molecule has 0 spiro atoms. The molecule has 0 aliphatic carbocycles. The van der Waals surface area contributed by atoms with Crippen molar-refractivity contribution in [1.82, 2.24) is 10.6 Å². The molecule has 1 aromatic carbocycles. The molecule has 20 heavy (non-hydrogen) atoms. The highest BCUT2D eigenvalue weighted by molar-refractivity contribution is 5.99. The second kappa shape index (κ2) is 7.87. The summed E-state index contributed by atoms with van der Waals surface area (Å²) in [6, 6.07) is 7.32. The van der Waals surface area contributed by atoms with E-state index in [2.05, 4.69) is 22.9 Å². The summed E-state index contributed by atoms with van der Waals surface area (Å²) >= 11 is 0. The number of amides is 2. The Morgan fingerprint density at radius 2 is 2.25 bits per heavy atom. The lowest BCUT2D eigenvalue weighted by Crippen LogP contribution is -2.37. The Morgan fingerprint density at radius 1 is 1.45 bits per heavy atom. The van der Waals surface area contributed by atoms with Crippen LogP contribution in [0.5, 0.6) is 0 Å². The average Bonchev–Trinajstić information content (AvgIpc) is 2.83. The Bertz CT molecular complexity index is 479. The summed E-state index contributed by atoms with van der Waals surface area (Å²) < 4.78 is 0. The van der Waals surface area contributed by atoms with E-state index in [1.54, 1.807) is 0 Å². The van der Waals surface area contributed by atoms with Gasteiger partial charge >= 0.3 is 0 Å². The molecule has 3 N–H and O–H groups in total. The van der Waals surface area contributed by atoms with Gasteiger partial charge in [0.05, 0.1) is 0 Å². The highest BCUT2D eigenvalue weighted by Crippen LogP contribution is 2.13. The lowest BCUT2D eigenvalue weighted by molar-refractivity contribution is -0.122. The minimum absolute atomic E-state index is 0. The quantitative estimate of drug-likeness (QED) is 0.770. The van der Waals surface area contributed by atoms with Crippen LogP contribution in [-0.4, -0.2) is 24.4 Å².